The summed E-state index contributed by atoms with van der Waals surface area (Å²) in [5, 5.41) is 2.99. The molecule has 3 N–H and O–H groups in total. The van der Waals surface area contributed by atoms with E-state index in [0.29, 0.717) is 13.1 Å². The quantitative estimate of drug-likeness (QED) is 0.751. The van der Waals surface area contributed by atoms with Gasteiger partial charge in [0.1, 0.15) is 0 Å². The number of nitrogens with zero attached hydrogens (tertiary/aromatic N) is 1. The SMILES string of the molecule is CCC(C)NC(=O)CN(CCCN)c1ccccc1. The minimum absolute atomic E-state index is 0.0650. The second-order valence-electron chi connectivity index (χ2n) is 4.78. The summed E-state index contributed by atoms with van der Waals surface area (Å²) in [6.07, 6.45) is 1.82. The summed E-state index contributed by atoms with van der Waals surface area (Å²) in [5.74, 6) is 0.0650. The highest BCUT2D eigenvalue weighted by Gasteiger charge is 2.12. The third-order valence-electron chi connectivity index (χ3n) is 3.11. The minimum atomic E-state index is 0.0650. The van der Waals surface area contributed by atoms with Crippen LogP contribution in [0.5, 0.6) is 0 Å². The van der Waals surface area contributed by atoms with Crippen molar-refractivity contribution in [1.82, 2.24) is 5.32 Å². The molecule has 4 heteroatoms. The molecule has 1 aromatic carbocycles. The molecule has 0 saturated heterocycles. The molecule has 0 spiro atoms. The van der Waals surface area contributed by atoms with Crippen molar-refractivity contribution < 1.29 is 4.79 Å². The summed E-state index contributed by atoms with van der Waals surface area (Å²) in [7, 11) is 0. The fraction of sp³-hybridized carbons (Fsp3) is 0.533. The smallest absolute Gasteiger partial charge is 0.239 e. The number of carbonyl (C=O) groups excluding carboxylic acids is 1. The van der Waals surface area contributed by atoms with Gasteiger partial charge in [-0.3, -0.25) is 4.79 Å². The molecule has 1 aromatic rings. The van der Waals surface area contributed by atoms with E-state index in [1.165, 1.54) is 0 Å². The van der Waals surface area contributed by atoms with Gasteiger partial charge in [0.05, 0.1) is 6.54 Å². The summed E-state index contributed by atoms with van der Waals surface area (Å²) < 4.78 is 0. The van der Waals surface area contributed by atoms with Crippen molar-refractivity contribution in [2.75, 3.05) is 24.5 Å². The predicted octanol–water partition coefficient (Wildman–Crippen LogP) is 1.76. The Morgan fingerprint density at radius 1 is 1.37 bits per heavy atom. The second kappa shape index (κ2) is 8.53. The number of carbonyl (C=O) groups is 1. The highest BCUT2D eigenvalue weighted by molar-refractivity contribution is 5.81. The molecule has 0 aliphatic rings. The van der Waals surface area contributed by atoms with Crippen molar-refractivity contribution in [2.24, 2.45) is 5.73 Å². The Morgan fingerprint density at radius 3 is 2.63 bits per heavy atom. The van der Waals surface area contributed by atoms with E-state index < -0.39 is 0 Å². The van der Waals surface area contributed by atoms with Crippen LogP contribution in [0.1, 0.15) is 26.7 Å². The van der Waals surface area contributed by atoms with Crippen LogP contribution in [-0.4, -0.2) is 31.6 Å². The fourth-order valence-electron chi connectivity index (χ4n) is 1.82. The highest BCUT2D eigenvalue weighted by atomic mass is 16.2. The van der Waals surface area contributed by atoms with Crippen molar-refractivity contribution in [3.8, 4) is 0 Å². The Kier molecular flexibility index (Phi) is 6.97. The molecule has 106 valence electrons. The number of nitrogens with two attached hydrogens (primary N) is 1. The summed E-state index contributed by atoms with van der Waals surface area (Å²) in [6.45, 7) is 5.90. The number of benzene rings is 1. The summed E-state index contributed by atoms with van der Waals surface area (Å²) in [6, 6.07) is 10.2. The number of hydrogen-bond donors (Lipinski definition) is 2. The lowest BCUT2D eigenvalue weighted by Gasteiger charge is -2.25. The average molecular weight is 263 g/mol. The largest absolute Gasteiger partial charge is 0.362 e. The lowest BCUT2D eigenvalue weighted by Crippen LogP contribution is -2.41. The Balaban J connectivity index is 2.62. The summed E-state index contributed by atoms with van der Waals surface area (Å²) in [5.41, 5.74) is 6.63. The number of hydrogen-bond acceptors (Lipinski definition) is 3. The first kappa shape index (κ1) is 15.5. The van der Waals surface area contributed by atoms with Gasteiger partial charge in [-0.1, -0.05) is 25.1 Å². The zero-order valence-electron chi connectivity index (χ0n) is 11.9. The molecule has 19 heavy (non-hydrogen) atoms. The number of amides is 1. The molecule has 0 aliphatic carbocycles. The second-order valence-corrected chi connectivity index (χ2v) is 4.78. The number of rotatable bonds is 8. The van der Waals surface area contributed by atoms with Crippen LogP contribution in [0.3, 0.4) is 0 Å². The third kappa shape index (κ3) is 5.75. The Morgan fingerprint density at radius 2 is 2.05 bits per heavy atom. The van der Waals surface area contributed by atoms with Crippen molar-refractivity contribution in [3.05, 3.63) is 30.3 Å². The van der Waals surface area contributed by atoms with Gasteiger partial charge in [0.15, 0.2) is 0 Å². The first-order chi connectivity index (χ1) is 9.17. The van der Waals surface area contributed by atoms with Crippen molar-refractivity contribution in [3.63, 3.8) is 0 Å². The van der Waals surface area contributed by atoms with Crippen molar-refractivity contribution in [2.45, 2.75) is 32.7 Å². The Bertz CT molecular complexity index is 367. The van der Waals surface area contributed by atoms with E-state index in [0.717, 1.165) is 25.1 Å². The van der Waals surface area contributed by atoms with E-state index in [-0.39, 0.29) is 11.9 Å². The molecule has 0 aliphatic heterocycles. The molecule has 0 fully saturated rings. The number of anilines is 1. The summed E-state index contributed by atoms with van der Waals surface area (Å²) >= 11 is 0. The predicted molar refractivity (Wildman–Crippen MR) is 80.2 cm³/mol. The van der Waals surface area contributed by atoms with Gasteiger partial charge in [0.2, 0.25) is 5.91 Å². The van der Waals surface area contributed by atoms with Crippen LogP contribution in [0.25, 0.3) is 0 Å². The van der Waals surface area contributed by atoms with Gasteiger partial charge >= 0.3 is 0 Å². The van der Waals surface area contributed by atoms with Crippen LogP contribution in [-0.2, 0) is 4.79 Å². The van der Waals surface area contributed by atoms with Crippen molar-refractivity contribution >= 4 is 11.6 Å². The lowest BCUT2D eigenvalue weighted by atomic mass is 10.2. The maximum absolute atomic E-state index is 12.0. The van der Waals surface area contributed by atoms with E-state index in [2.05, 4.69) is 17.1 Å². The van der Waals surface area contributed by atoms with E-state index in [1.807, 2.05) is 37.3 Å². The van der Waals surface area contributed by atoms with Crippen LogP contribution in [0.4, 0.5) is 5.69 Å². The summed E-state index contributed by atoms with van der Waals surface area (Å²) in [4.78, 5) is 14.0. The molecule has 1 atom stereocenters. The normalized spacial score (nSPS) is 11.9. The minimum Gasteiger partial charge on any atom is -0.362 e. The molecular formula is C15H25N3O. The molecule has 1 unspecified atom stereocenters. The zero-order chi connectivity index (χ0) is 14.1. The van der Waals surface area contributed by atoms with E-state index in [4.69, 9.17) is 5.73 Å². The van der Waals surface area contributed by atoms with Crippen LogP contribution >= 0.6 is 0 Å². The van der Waals surface area contributed by atoms with Gasteiger partial charge in [-0.2, -0.15) is 0 Å². The molecule has 0 saturated carbocycles. The monoisotopic (exact) mass is 263 g/mol. The number of para-hydroxylation sites is 1. The Hall–Kier alpha value is -1.55. The fourth-order valence-corrected chi connectivity index (χ4v) is 1.82. The molecule has 0 heterocycles. The molecule has 0 bridgehead atoms. The van der Waals surface area contributed by atoms with Gasteiger partial charge in [-0.15, -0.1) is 0 Å². The van der Waals surface area contributed by atoms with Crippen LogP contribution in [0.2, 0.25) is 0 Å². The first-order valence-corrected chi connectivity index (χ1v) is 6.96. The van der Waals surface area contributed by atoms with Crippen molar-refractivity contribution in [1.29, 1.82) is 0 Å². The van der Waals surface area contributed by atoms with Crippen LogP contribution in [0.15, 0.2) is 30.3 Å². The molecule has 1 rings (SSSR count). The van der Waals surface area contributed by atoms with Gasteiger partial charge in [-0.05, 0) is 38.4 Å². The number of nitrogens with one attached hydrogen (secondary N) is 1. The highest BCUT2D eigenvalue weighted by Crippen LogP contribution is 2.13. The Labute approximate surface area is 116 Å². The molecule has 0 aromatic heterocycles. The average Bonchev–Trinajstić information content (AvgIpc) is 2.44. The molecule has 4 nitrogen and oxygen atoms in total. The molecule has 0 radical (unpaired) electrons. The van der Waals surface area contributed by atoms with Gasteiger partial charge < -0.3 is 16.0 Å². The maximum atomic E-state index is 12.0. The van der Waals surface area contributed by atoms with Crippen LogP contribution in [0, 0.1) is 0 Å². The topological polar surface area (TPSA) is 58.4 Å². The van der Waals surface area contributed by atoms with E-state index in [9.17, 15) is 4.79 Å². The van der Waals surface area contributed by atoms with Gasteiger partial charge in [0, 0.05) is 18.3 Å². The maximum Gasteiger partial charge on any atom is 0.239 e. The standard InChI is InChI=1S/C15H25N3O/c1-3-13(2)17-15(19)12-18(11-7-10-16)14-8-5-4-6-9-14/h4-6,8-9,13H,3,7,10-12,16H2,1-2H3,(H,17,19). The molecule has 1 amide bonds. The first-order valence-electron chi connectivity index (χ1n) is 6.96. The van der Waals surface area contributed by atoms with Crippen LogP contribution < -0.4 is 16.0 Å². The molecular weight excluding hydrogens is 238 g/mol. The van der Waals surface area contributed by atoms with E-state index in [1.54, 1.807) is 0 Å². The third-order valence-corrected chi connectivity index (χ3v) is 3.11. The van der Waals surface area contributed by atoms with Gasteiger partial charge in [0.25, 0.3) is 0 Å². The van der Waals surface area contributed by atoms with Gasteiger partial charge in [-0.25, -0.2) is 0 Å². The van der Waals surface area contributed by atoms with E-state index >= 15 is 0 Å². The zero-order valence-corrected chi connectivity index (χ0v) is 11.9. The lowest BCUT2D eigenvalue weighted by molar-refractivity contribution is -0.120.